The summed E-state index contributed by atoms with van der Waals surface area (Å²) in [6.07, 6.45) is 10.4. The highest BCUT2D eigenvalue weighted by molar-refractivity contribution is 7.98. The Morgan fingerprint density at radius 3 is 2.40 bits per heavy atom. The van der Waals surface area contributed by atoms with Crippen molar-refractivity contribution in [3.63, 3.8) is 0 Å². The Balaban J connectivity index is 1.45. The number of unbranched alkanes of at least 4 members (excludes halogenated alkanes) is 2. The van der Waals surface area contributed by atoms with E-state index in [0.717, 1.165) is 47.3 Å². The summed E-state index contributed by atoms with van der Waals surface area (Å²) in [5, 5.41) is 24.9. The minimum atomic E-state index is -1.46. The van der Waals surface area contributed by atoms with Crippen molar-refractivity contribution in [1.29, 1.82) is 0 Å². The highest BCUT2D eigenvalue weighted by atomic mass is 32.2. The fourth-order valence-electron chi connectivity index (χ4n) is 9.43. The third-order valence-corrected chi connectivity index (χ3v) is 12.8. The molecule has 334 valence electrons. The second-order valence-electron chi connectivity index (χ2n) is 17.3. The molecule has 62 heavy (non-hydrogen) atoms. The highest BCUT2D eigenvalue weighted by Crippen LogP contribution is 2.62. The van der Waals surface area contributed by atoms with Gasteiger partial charge in [-0.15, -0.1) is 18.3 Å². The fraction of sp³-hybridized carbons (Fsp3) is 0.510. The molecule has 1 amide bonds. The Kier molecular flexibility index (Phi) is 14.8. The lowest BCUT2D eigenvalue weighted by atomic mass is 9.55. The van der Waals surface area contributed by atoms with E-state index < -0.39 is 29.4 Å². The largest absolute Gasteiger partial charge is 0.459 e. The summed E-state index contributed by atoms with van der Waals surface area (Å²) in [4.78, 5) is 23.7. The van der Waals surface area contributed by atoms with Gasteiger partial charge in [0.2, 0.25) is 12.6 Å². The highest BCUT2D eigenvalue weighted by Gasteiger charge is 2.65. The fourth-order valence-corrected chi connectivity index (χ4v) is 9.84. The average molecular weight is 871 g/mol. The predicted molar refractivity (Wildman–Crippen MR) is 239 cm³/mol. The maximum absolute atomic E-state index is 14.6. The Hall–Kier alpha value is -4.69. The molecule has 2 heterocycles. The number of aliphatic hydroxyl groups is 2. The summed E-state index contributed by atoms with van der Waals surface area (Å²) in [5.41, 5.74) is 2.81. The number of carbonyl (C=O) groups excluding carboxylic acids is 1. The summed E-state index contributed by atoms with van der Waals surface area (Å²) < 4.78 is 38.3. The topological polar surface area (TPSA) is 138 Å². The Bertz CT molecular complexity index is 2080. The standard InChI is InChI=1S/C49H62N2O10S/c1-7-25-58-49-44(51(47(54)55-8-2)30-32-15-21-42-43(26-32)57-31-56-42)29-40(50-61-48(3,4)5)38-27-33(13-9-11-23-52)37(14-10-12-24-53)45(46(38)49)39-28-35(18-22-41(39)60-49)59-34-16-19-36(62-6)20-17-34/h7,15-22,26-28,33,37,44-46,52-53H,1,8-14,23-25,29-31H2,2-6H3. The number of fused-ring (bicyclic) bond motifs is 3. The van der Waals surface area contributed by atoms with Crippen LogP contribution in [0.1, 0.15) is 89.7 Å². The van der Waals surface area contributed by atoms with E-state index in [1.54, 1.807) is 29.7 Å². The molecule has 4 aliphatic rings. The number of benzene rings is 3. The minimum absolute atomic E-state index is 0.0490. The zero-order chi connectivity index (χ0) is 43.9. The number of allylic oxidation sites excluding steroid dienone is 1. The second kappa shape index (κ2) is 20.2. The van der Waals surface area contributed by atoms with Crippen LogP contribution in [0.15, 0.2) is 95.0 Å². The Morgan fingerprint density at radius 2 is 1.69 bits per heavy atom. The number of thioether (sulfide) groups is 1. The Labute approximate surface area is 370 Å². The van der Waals surface area contributed by atoms with Gasteiger partial charge in [-0.05, 0) is 137 Å². The van der Waals surface area contributed by atoms with Crippen molar-refractivity contribution in [3.8, 4) is 28.7 Å². The minimum Gasteiger partial charge on any atom is -0.459 e. The number of nitrogens with zero attached hydrogens (tertiary/aromatic N) is 2. The van der Waals surface area contributed by atoms with Crippen molar-refractivity contribution < 1.29 is 48.3 Å². The SMILES string of the molecule is C=CCOC12Oc3ccc(Oc4ccc(SC)cc4)cc3C3C(CCCCO)C(CCCCO)C=C(C(=NOC(C)(C)C)CC1N(Cc1ccc4c(c1)OCO4)C(=O)OCC)C32. The molecule has 6 atom stereocenters. The monoisotopic (exact) mass is 870 g/mol. The summed E-state index contributed by atoms with van der Waals surface area (Å²) >= 11 is 1.67. The van der Waals surface area contributed by atoms with E-state index >= 15 is 0 Å². The molecule has 13 heteroatoms. The van der Waals surface area contributed by atoms with E-state index in [0.29, 0.717) is 47.3 Å². The lowest BCUT2D eigenvalue weighted by Crippen LogP contribution is -2.70. The number of aliphatic hydroxyl groups excluding tert-OH is 2. The first kappa shape index (κ1) is 45.3. The molecule has 1 fully saturated rings. The van der Waals surface area contributed by atoms with Gasteiger partial charge in [0, 0.05) is 42.6 Å². The third kappa shape index (κ3) is 9.91. The van der Waals surface area contributed by atoms with Crippen LogP contribution >= 0.6 is 11.8 Å². The molecule has 0 spiro atoms. The molecule has 3 aromatic carbocycles. The third-order valence-electron chi connectivity index (χ3n) is 12.0. The zero-order valence-corrected chi connectivity index (χ0v) is 37.5. The number of hydrogen-bond acceptors (Lipinski definition) is 12. The van der Waals surface area contributed by atoms with Gasteiger partial charge in [-0.2, -0.15) is 0 Å². The number of carbonyl (C=O) groups is 1. The van der Waals surface area contributed by atoms with E-state index in [-0.39, 0.29) is 63.9 Å². The maximum atomic E-state index is 14.6. The average Bonchev–Trinajstić information content (AvgIpc) is 3.74. The van der Waals surface area contributed by atoms with Crippen molar-refractivity contribution in [2.45, 2.75) is 107 Å². The number of oxime groups is 1. The molecule has 7 rings (SSSR count). The summed E-state index contributed by atoms with van der Waals surface area (Å²) in [7, 11) is 0. The normalized spacial score (nSPS) is 24.0. The van der Waals surface area contributed by atoms with Crippen LogP contribution in [0.4, 0.5) is 4.79 Å². The van der Waals surface area contributed by atoms with Gasteiger partial charge in [0.25, 0.3) is 0 Å². The van der Waals surface area contributed by atoms with Crippen LogP contribution in [0.2, 0.25) is 0 Å². The van der Waals surface area contributed by atoms with Crippen LogP contribution in [-0.2, 0) is 20.9 Å². The molecule has 0 saturated heterocycles. The van der Waals surface area contributed by atoms with E-state index in [2.05, 4.69) is 18.7 Å². The van der Waals surface area contributed by atoms with Crippen molar-refractivity contribution in [2.24, 2.45) is 22.9 Å². The second-order valence-corrected chi connectivity index (χ2v) is 18.1. The predicted octanol–water partition coefficient (Wildman–Crippen LogP) is 10.0. The van der Waals surface area contributed by atoms with E-state index in [9.17, 15) is 15.0 Å². The molecule has 0 aromatic heterocycles. The number of amides is 1. The summed E-state index contributed by atoms with van der Waals surface area (Å²) in [6, 6.07) is 18.9. The first-order valence-electron chi connectivity index (χ1n) is 21.9. The Morgan fingerprint density at radius 1 is 0.968 bits per heavy atom. The van der Waals surface area contributed by atoms with Crippen molar-refractivity contribution in [1.82, 2.24) is 4.90 Å². The molecular formula is C49H62N2O10S. The van der Waals surface area contributed by atoms with Gasteiger partial charge in [-0.1, -0.05) is 36.2 Å². The van der Waals surface area contributed by atoms with Crippen molar-refractivity contribution in [2.75, 3.05) is 39.5 Å². The van der Waals surface area contributed by atoms with Gasteiger partial charge in [0.15, 0.2) is 11.5 Å². The van der Waals surface area contributed by atoms with Crippen LogP contribution in [0.5, 0.6) is 28.7 Å². The van der Waals surface area contributed by atoms with Gasteiger partial charge >= 0.3 is 6.09 Å². The van der Waals surface area contributed by atoms with Gasteiger partial charge in [-0.3, -0.25) is 4.90 Å². The van der Waals surface area contributed by atoms with Crippen LogP contribution in [0, 0.1) is 17.8 Å². The van der Waals surface area contributed by atoms with E-state index in [4.69, 9.17) is 38.4 Å². The zero-order valence-electron chi connectivity index (χ0n) is 36.7. The number of rotatable bonds is 19. The lowest BCUT2D eigenvalue weighted by molar-refractivity contribution is -0.256. The molecule has 1 saturated carbocycles. The quantitative estimate of drug-likeness (QED) is 0.0515. The van der Waals surface area contributed by atoms with E-state index in [1.807, 2.05) is 81.6 Å². The van der Waals surface area contributed by atoms with Gasteiger partial charge in [0.1, 0.15) is 28.9 Å². The summed E-state index contributed by atoms with van der Waals surface area (Å²) in [5.74, 6) is 1.21. The maximum Gasteiger partial charge on any atom is 0.410 e. The van der Waals surface area contributed by atoms with Crippen LogP contribution in [0.3, 0.4) is 0 Å². The van der Waals surface area contributed by atoms with Crippen LogP contribution < -0.4 is 18.9 Å². The molecule has 12 nitrogen and oxygen atoms in total. The molecule has 2 aliphatic heterocycles. The van der Waals surface area contributed by atoms with Crippen LogP contribution in [-0.4, -0.2) is 83.8 Å². The molecule has 6 unspecified atom stereocenters. The molecule has 0 bridgehead atoms. The lowest BCUT2D eigenvalue weighted by Gasteiger charge is -2.60. The van der Waals surface area contributed by atoms with Gasteiger partial charge in [-0.25, -0.2) is 4.79 Å². The molecule has 2 aliphatic carbocycles. The number of ether oxygens (including phenoxy) is 6. The molecule has 2 N–H and O–H groups in total. The molecule has 0 radical (unpaired) electrons. The van der Waals surface area contributed by atoms with E-state index in [1.165, 1.54) is 0 Å². The number of hydrogen-bond donors (Lipinski definition) is 2. The van der Waals surface area contributed by atoms with Crippen molar-refractivity contribution in [3.05, 3.63) is 96.1 Å². The first-order valence-corrected chi connectivity index (χ1v) is 23.1. The smallest absolute Gasteiger partial charge is 0.410 e. The van der Waals surface area contributed by atoms with Gasteiger partial charge in [0.05, 0.1) is 24.8 Å². The van der Waals surface area contributed by atoms with Gasteiger partial charge < -0.3 is 43.5 Å². The summed E-state index contributed by atoms with van der Waals surface area (Å²) in [6.45, 7) is 12.5. The van der Waals surface area contributed by atoms with Crippen molar-refractivity contribution >= 4 is 23.6 Å². The van der Waals surface area contributed by atoms with Crippen LogP contribution in [0.25, 0.3) is 0 Å². The first-order chi connectivity index (χ1) is 30.0. The molecule has 3 aromatic rings. The molecular weight excluding hydrogens is 809 g/mol.